The van der Waals surface area contributed by atoms with E-state index < -0.39 is 0 Å². The second-order valence-corrected chi connectivity index (χ2v) is 5.52. The van der Waals surface area contributed by atoms with Crippen molar-refractivity contribution in [2.24, 2.45) is 0 Å². The third kappa shape index (κ3) is 2.49. The lowest BCUT2D eigenvalue weighted by Gasteiger charge is -2.26. The van der Waals surface area contributed by atoms with Crippen molar-refractivity contribution in [1.82, 2.24) is 0 Å². The van der Waals surface area contributed by atoms with Crippen LogP contribution in [0.2, 0.25) is 5.02 Å². The fourth-order valence-electron chi connectivity index (χ4n) is 2.70. The molecule has 4 heteroatoms. The Kier molecular flexibility index (Phi) is 3.60. The summed E-state index contributed by atoms with van der Waals surface area (Å²) in [6, 6.07) is 11.4. The van der Waals surface area contributed by atoms with Crippen molar-refractivity contribution in [2.45, 2.75) is 19.3 Å². The molecule has 0 amide bonds. The molecule has 0 bridgehead atoms. The highest BCUT2D eigenvalue weighted by Crippen LogP contribution is 2.43. The Balaban J connectivity index is 2.17. The van der Waals surface area contributed by atoms with E-state index in [-0.39, 0.29) is 18.3 Å². The number of carbonyl (C=O) groups is 1. The summed E-state index contributed by atoms with van der Waals surface area (Å²) in [5.74, 6) is 1.01. The number of hydrogen-bond acceptors (Lipinski definition) is 3. The predicted octanol–water partition coefficient (Wildman–Crippen LogP) is 4.10. The van der Waals surface area contributed by atoms with E-state index >= 15 is 0 Å². The number of rotatable bonds is 2. The second-order valence-electron chi connectivity index (χ2n) is 5.11. The molecule has 2 aromatic rings. The number of carbonyl (C=O) groups excluding carboxylic acids is 1. The van der Waals surface area contributed by atoms with Gasteiger partial charge in [-0.3, -0.25) is 4.79 Å². The van der Waals surface area contributed by atoms with E-state index in [1.807, 2.05) is 43.3 Å². The first kappa shape index (κ1) is 14.0. The van der Waals surface area contributed by atoms with Gasteiger partial charge >= 0.3 is 5.97 Å². The quantitative estimate of drug-likeness (QED) is 0.619. The van der Waals surface area contributed by atoms with Crippen LogP contribution < -0.4 is 9.47 Å². The summed E-state index contributed by atoms with van der Waals surface area (Å²) in [6.45, 7) is 1.89. The van der Waals surface area contributed by atoms with Gasteiger partial charge in [-0.15, -0.1) is 0 Å². The molecule has 2 aromatic carbocycles. The van der Waals surface area contributed by atoms with Crippen LogP contribution in [0.1, 0.15) is 29.0 Å². The molecule has 1 aliphatic rings. The Labute approximate surface area is 128 Å². The number of esters is 1. The number of aryl methyl sites for hydroxylation is 1. The standard InChI is InChI=1S/C17H15ClO3/c1-10-7-16-13(8-14(10)18)12(9-17(19)21-16)11-5-3-4-6-15(11)20-2/h3-8,12H,9H2,1-2H3/t12-/m1/s1. The normalized spacial score (nSPS) is 17.1. The topological polar surface area (TPSA) is 35.5 Å². The van der Waals surface area contributed by atoms with Gasteiger partial charge in [0.2, 0.25) is 0 Å². The van der Waals surface area contributed by atoms with Crippen molar-refractivity contribution in [3.63, 3.8) is 0 Å². The molecule has 0 radical (unpaired) electrons. The summed E-state index contributed by atoms with van der Waals surface area (Å²) in [6.07, 6.45) is 0.284. The molecular weight excluding hydrogens is 288 g/mol. The van der Waals surface area contributed by atoms with Crippen LogP contribution in [0.15, 0.2) is 36.4 Å². The van der Waals surface area contributed by atoms with E-state index in [2.05, 4.69) is 0 Å². The first-order valence-corrected chi connectivity index (χ1v) is 7.11. The Morgan fingerprint density at radius 2 is 2.00 bits per heavy atom. The number of hydrogen-bond donors (Lipinski definition) is 0. The summed E-state index contributed by atoms with van der Waals surface area (Å²) in [5.41, 5.74) is 2.79. The molecule has 3 rings (SSSR count). The van der Waals surface area contributed by atoms with Gasteiger partial charge in [0.1, 0.15) is 11.5 Å². The number of fused-ring (bicyclic) bond motifs is 1. The van der Waals surface area contributed by atoms with Crippen LogP contribution in [0, 0.1) is 6.92 Å². The van der Waals surface area contributed by atoms with Gasteiger partial charge in [-0.25, -0.2) is 0 Å². The SMILES string of the molecule is COc1ccccc1[C@H]1CC(=O)Oc2cc(C)c(Cl)cc21. The molecule has 3 nitrogen and oxygen atoms in total. The zero-order valence-electron chi connectivity index (χ0n) is 11.9. The number of halogens is 1. The first-order chi connectivity index (χ1) is 10.1. The van der Waals surface area contributed by atoms with E-state index in [1.54, 1.807) is 7.11 Å². The van der Waals surface area contributed by atoms with E-state index in [9.17, 15) is 4.79 Å². The molecule has 0 saturated carbocycles. The van der Waals surface area contributed by atoms with Gasteiger partial charge in [0, 0.05) is 22.1 Å². The van der Waals surface area contributed by atoms with Gasteiger partial charge in [0.25, 0.3) is 0 Å². The maximum atomic E-state index is 11.9. The first-order valence-electron chi connectivity index (χ1n) is 6.73. The molecule has 0 aliphatic carbocycles. The van der Waals surface area contributed by atoms with Crippen molar-refractivity contribution in [3.05, 3.63) is 58.1 Å². The summed E-state index contributed by atoms with van der Waals surface area (Å²) >= 11 is 6.24. The average Bonchev–Trinajstić information content (AvgIpc) is 2.48. The molecular formula is C17H15ClO3. The molecule has 0 unspecified atom stereocenters. The monoisotopic (exact) mass is 302 g/mol. The minimum atomic E-state index is -0.236. The van der Waals surface area contributed by atoms with Crippen molar-refractivity contribution in [2.75, 3.05) is 7.11 Å². The molecule has 1 atom stereocenters. The third-order valence-electron chi connectivity index (χ3n) is 3.78. The molecule has 0 N–H and O–H groups in total. The summed E-state index contributed by atoms with van der Waals surface area (Å²) in [7, 11) is 1.63. The molecule has 1 heterocycles. The van der Waals surface area contributed by atoms with Crippen molar-refractivity contribution >= 4 is 17.6 Å². The van der Waals surface area contributed by atoms with Gasteiger partial charge in [-0.05, 0) is 30.7 Å². The molecule has 0 aromatic heterocycles. The molecule has 0 spiro atoms. The zero-order chi connectivity index (χ0) is 15.0. The maximum absolute atomic E-state index is 11.9. The smallest absolute Gasteiger partial charge is 0.312 e. The highest BCUT2D eigenvalue weighted by molar-refractivity contribution is 6.31. The van der Waals surface area contributed by atoms with Crippen molar-refractivity contribution in [1.29, 1.82) is 0 Å². The molecule has 1 aliphatic heterocycles. The Bertz CT molecular complexity index is 709. The average molecular weight is 303 g/mol. The van der Waals surface area contributed by atoms with Gasteiger partial charge in [-0.2, -0.15) is 0 Å². The van der Waals surface area contributed by atoms with Crippen molar-refractivity contribution < 1.29 is 14.3 Å². The van der Waals surface area contributed by atoms with Gasteiger partial charge in [0.15, 0.2) is 0 Å². The molecule has 0 saturated heterocycles. The zero-order valence-corrected chi connectivity index (χ0v) is 12.6. The minimum Gasteiger partial charge on any atom is -0.496 e. The van der Waals surface area contributed by atoms with Crippen LogP contribution >= 0.6 is 11.6 Å². The second kappa shape index (κ2) is 5.41. The lowest BCUT2D eigenvalue weighted by Crippen LogP contribution is -2.21. The van der Waals surface area contributed by atoms with Crippen molar-refractivity contribution in [3.8, 4) is 11.5 Å². The number of para-hydroxylation sites is 1. The largest absolute Gasteiger partial charge is 0.496 e. The lowest BCUT2D eigenvalue weighted by atomic mass is 9.85. The van der Waals surface area contributed by atoms with Crippen LogP contribution in [0.25, 0.3) is 0 Å². The fraction of sp³-hybridized carbons (Fsp3) is 0.235. The van der Waals surface area contributed by atoms with Crippen LogP contribution in [-0.2, 0) is 4.79 Å². The van der Waals surface area contributed by atoms with Crippen LogP contribution in [-0.4, -0.2) is 13.1 Å². The van der Waals surface area contributed by atoms with Gasteiger partial charge < -0.3 is 9.47 Å². The maximum Gasteiger partial charge on any atom is 0.312 e. The van der Waals surface area contributed by atoms with Gasteiger partial charge in [-0.1, -0.05) is 29.8 Å². The van der Waals surface area contributed by atoms with E-state index in [0.29, 0.717) is 10.8 Å². The van der Waals surface area contributed by atoms with E-state index in [4.69, 9.17) is 21.1 Å². The molecule has 108 valence electrons. The Morgan fingerprint density at radius 1 is 1.24 bits per heavy atom. The van der Waals surface area contributed by atoms with E-state index in [1.165, 1.54) is 0 Å². The highest BCUT2D eigenvalue weighted by Gasteiger charge is 2.30. The number of methoxy groups -OCH3 is 1. The lowest BCUT2D eigenvalue weighted by molar-refractivity contribution is -0.135. The van der Waals surface area contributed by atoms with Crippen LogP contribution in [0.5, 0.6) is 11.5 Å². The summed E-state index contributed by atoms with van der Waals surface area (Å²) in [5, 5.41) is 0.673. The van der Waals surface area contributed by atoms with Gasteiger partial charge in [0.05, 0.1) is 13.5 Å². The molecule has 0 fully saturated rings. The minimum absolute atomic E-state index is 0.101. The third-order valence-corrected chi connectivity index (χ3v) is 4.18. The predicted molar refractivity (Wildman–Crippen MR) is 81.3 cm³/mol. The summed E-state index contributed by atoms with van der Waals surface area (Å²) in [4.78, 5) is 11.9. The fourth-order valence-corrected chi connectivity index (χ4v) is 2.88. The summed E-state index contributed by atoms with van der Waals surface area (Å²) < 4.78 is 10.8. The Morgan fingerprint density at radius 3 is 2.76 bits per heavy atom. The highest BCUT2D eigenvalue weighted by atomic mass is 35.5. The van der Waals surface area contributed by atoms with Crippen LogP contribution in [0.4, 0.5) is 0 Å². The Hall–Kier alpha value is -2.00. The number of benzene rings is 2. The molecule has 21 heavy (non-hydrogen) atoms. The number of ether oxygens (including phenoxy) is 2. The van der Waals surface area contributed by atoms with Crippen LogP contribution in [0.3, 0.4) is 0 Å². The van der Waals surface area contributed by atoms with E-state index in [0.717, 1.165) is 22.4 Å².